The molecular weight excluding hydrogens is 250 g/mol. The first-order valence-electron chi connectivity index (χ1n) is 7.59. The number of rotatable bonds is 6. The zero-order chi connectivity index (χ0) is 14.4. The van der Waals surface area contributed by atoms with Crippen LogP contribution in [0.1, 0.15) is 37.3 Å². The van der Waals surface area contributed by atoms with E-state index >= 15 is 0 Å². The number of carbonyl (C=O) groups is 1. The van der Waals surface area contributed by atoms with Crippen LogP contribution in [-0.2, 0) is 22.5 Å². The summed E-state index contributed by atoms with van der Waals surface area (Å²) in [7, 11) is 1.45. The molecule has 0 radical (unpaired) electrons. The van der Waals surface area contributed by atoms with Gasteiger partial charge < -0.3 is 4.74 Å². The highest BCUT2D eigenvalue weighted by Gasteiger charge is 2.22. The van der Waals surface area contributed by atoms with Crippen molar-refractivity contribution in [1.29, 1.82) is 0 Å². The Labute approximate surface area is 121 Å². The van der Waals surface area contributed by atoms with Crippen molar-refractivity contribution in [3.8, 4) is 0 Å². The van der Waals surface area contributed by atoms with Gasteiger partial charge in [0, 0.05) is 13.1 Å². The van der Waals surface area contributed by atoms with Crippen molar-refractivity contribution >= 4 is 5.97 Å². The molecule has 20 heavy (non-hydrogen) atoms. The third-order valence-corrected chi connectivity index (χ3v) is 4.14. The standard InChI is InChI=1S/C17H25NO2/c1-3-6-14-9-10-18(12-14)13-16-8-5-4-7-15(16)11-17(19)20-2/h4-5,7-8,14H,3,6,9-13H2,1-2H3. The number of benzene rings is 1. The van der Waals surface area contributed by atoms with Crippen LogP contribution in [0.5, 0.6) is 0 Å². The molecule has 0 N–H and O–H groups in total. The van der Waals surface area contributed by atoms with E-state index < -0.39 is 0 Å². The lowest BCUT2D eigenvalue weighted by atomic mass is 10.0. The molecule has 1 unspecified atom stereocenters. The maximum absolute atomic E-state index is 11.5. The molecule has 1 aliphatic heterocycles. The molecule has 1 aliphatic rings. The summed E-state index contributed by atoms with van der Waals surface area (Å²) in [6, 6.07) is 8.21. The fraction of sp³-hybridized carbons (Fsp3) is 0.588. The molecule has 1 saturated heterocycles. The van der Waals surface area contributed by atoms with Crippen molar-refractivity contribution in [2.45, 2.75) is 39.2 Å². The first-order chi connectivity index (χ1) is 9.72. The molecule has 1 heterocycles. The second-order valence-electron chi connectivity index (χ2n) is 5.70. The van der Waals surface area contributed by atoms with Gasteiger partial charge in [0.15, 0.2) is 0 Å². The van der Waals surface area contributed by atoms with Gasteiger partial charge in [-0.05, 0) is 36.4 Å². The van der Waals surface area contributed by atoms with Crippen molar-refractivity contribution in [1.82, 2.24) is 4.90 Å². The van der Waals surface area contributed by atoms with E-state index in [4.69, 9.17) is 4.74 Å². The number of esters is 1. The lowest BCUT2D eigenvalue weighted by Gasteiger charge is -2.18. The Hall–Kier alpha value is -1.35. The number of hydrogen-bond acceptors (Lipinski definition) is 3. The van der Waals surface area contributed by atoms with Crippen LogP contribution >= 0.6 is 0 Å². The molecule has 1 atom stereocenters. The SMILES string of the molecule is CCCC1CCN(Cc2ccccc2CC(=O)OC)C1. The van der Waals surface area contributed by atoms with Crippen molar-refractivity contribution in [2.75, 3.05) is 20.2 Å². The van der Waals surface area contributed by atoms with Gasteiger partial charge in [0.1, 0.15) is 0 Å². The van der Waals surface area contributed by atoms with Crippen molar-refractivity contribution in [2.24, 2.45) is 5.92 Å². The highest BCUT2D eigenvalue weighted by molar-refractivity contribution is 5.72. The number of hydrogen-bond donors (Lipinski definition) is 0. The van der Waals surface area contributed by atoms with Crippen LogP contribution in [0, 0.1) is 5.92 Å². The number of ether oxygens (including phenoxy) is 1. The largest absolute Gasteiger partial charge is 0.469 e. The van der Waals surface area contributed by atoms with Gasteiger partial charge in [0.2, 0.25) is 0 Å². The number of nitrogens with zero attached hydrogens (tertiary/aromatic N) is 1. The highest BCUT2D eigenvalue weighted by Crippen LogP contribution is 2.23. The topological polar surface area (TPSA) is 29.5 Å². The van der Waals surface area contributed by atoms with Gasteiger partial charge >= 0.3 is 5.97 Å². The van der Waals surface area contributed by atoms with E-state index in [0.29, 0.717) is 6.42 Å². The van der Waals surface area contributed by atoms with Gasteiger partial charge in [-0.1, -0.05) is 37.6 Å². The van der Waals surface area contributed by atoms with E-state index in [1.54, 1.807) is 0 Å². The van der Waals surface area contributed by atoms with E-state index in [0.717, 1.165) is 18.0 Å². The second-order valence-corrected chi connectivity index (χ2v) is 5.70. The average molecular weight is 275 g/mol. The summed E-state index contributed by atoms with van der Waals surface area (Å²) in [6.45, 7) is 5.58. The Morgan fingerprint density at radius 3 is 2.80 bits per heavy atom. The minimum absolute atomic E-state index is 0.164. The molecule has 3 heteroatoms. The first-order valence-corrected chi connectivity index (χ1v) is 7.59. The summed E-state index contributed by atoms with van der Waals surface area (Å²) in [5, 5.41) is 0. The number of carbonyl (C=O) groups excluding carboxylic acids is 1. The first kappa shape index (κ1) is 15.0. The maximum atomic E-state index is 11.5. The quantitative estimate of drug-likeness (QED) is 0.747. The summed E-state index contributed by atoms with van der Waals surface area (Å²) < 4.78 is 4.78. The molecule has 0 spiro atoms. The Morgan fingerprint density at radius 1 is 1.35 bits per heavy atom. The Morgan fingerprint density at radius 2 is 2.10 bits per heavy atom. The molecule has 1 aromatic rings. The normalized spacial score (nSPS) is 19.2. The summed E-state index contributed by atoms with van der Waals surface area (Å²) in [6.07, 6.45) is 4.30. The summed E-state index contributed by atoms with van der Waals surface area (Å²) in [5.74, 6) is 0.690. The number of likely N-dealkylation sites (tertiary alicyclic amines) is 1. The smallest absolute Gasteiger partial charge is 0.309 e. The summed E-state index contributed by atoms with van der Waals surface area (Å²) in [5.41, 5.74) is 2.35. The molecule has 0 aliphatic carbocycles. The van der Waals surface area contributed by atoms with E-state index in [1.807, 2.05) is 12.1 Å². The van der Waals surface area contributed by atoms with E-state index in [1.165, 1.54) is 45.0 Å². The predicted molar refractivity (Wildman–Crippen MR) is 80.5 cm³/mol. The lowest BCUT2D eigenvalue weighted by molar-refractivity contribution is -0.139. The Kier molecular flexibility index (Phi) is 5.60. The minimum Gasteiger partial charge on any atom is -0.469 e. The maximum Gasteiger partial charge on any atom is 0.309 e. The van der Waals surface area contributed by atoms with Crippen LogP contribution < -0.4 is 0 Å². The lowest BCUT2D eigenvalue weighted by Crippen LogP contribution is -2.21. The molecule has 0 saturated carbocycles. The monoisotopic (exact) mass is 275 g/mol. The third-order valence-electron chi connectivity index (χ3n) is 4.14. The third kappa shape index (κ3) is 4.07. The van der Waals surface area contributed by atoms with E-state index in [9.17, 15) is 4.79 Å². The van der Waals surface area contributed by atoms with Gasteiger partial charge in [0.05, 0.1) is 13.5 Å². The molecule has 1 aromatic carbocycles. The highest BCUT2D eigenvalue weighted by atomic mass is 16.5. The Bertz CT molecular complexity index is 444. The fourth-order valence-electron chi connectivity index (χ4n) is 3.05. The fourth-order valence-corrected chi connectivity index (χ4v) is 3.05. The van der Waals surface area contributed by atoms with Crippen LogP contribution in [0.4, 0.5) is 0 Å². The minimum atomic E-state index is -0.164. The molecule has 110 valence electrons. The molecule has 0 amide bonds. The second kappa shape index (κ2) is 7.44. The summed E-state index contributed by atoms with van der Waals surface area (Å²) in [4.78, 5) is 14.0. The van der Waals surface area contributed by atoms with Gasteiger partial charge in [-0.3, -0.25) is 9.69 Å². The van der Waals surface area contributed by atoms with Crippen LogP contribution in [-0.4, -0.2) is 31.1 Å². The van der Waals surface area contributed by atoms with Crippen LogP contribution in [0.15, 0.2) is 24.3 Å². The van der Waals surface area contributed by atoms with Crippen LogP contribution in [0.3, 0.4) is 0 Å². The van der Waals surface area contributed by atoms with Gasteiger partial charge in [-0.2, -0.15) is 0 Å². The zero-order valence-electron chi connectivity index (χ0n) is 12.6. The molecular formula is C17H25NO2. The number of methoxy groups -OCH3 is 1. The summed E-state index contributed by atoms with van der Waals surface area (Å²) >= 11 is 0. The molecule has 0 aromatic heterocycles. The zero-order valence-corrected chi connectivity index (χ0v) is 12.6. The van der Waals surface area contributed by atoms with Crippen molar-refractivity contribution in [3.05, 3.63) is 35.4 Å². The Balaban J connectivity index is 1.97. The molecule has 3 nitrogen and oxygen atoms in total. The molecule has 2 rings (SSSR count). The molecule has 1 fully saturated rings. The average Bonchev–Trinajstić information content (AvgIpc) is 2.88. The van der Waals surface area contributed by atoms with Gasteiger partial charge in [-0.15, -0.1) is 0 Å². The predicted octanol–water partition coefficient (Wildman–Crippen LogP) is 3.02. The van der Waals surface area contributed by atoms with Crippen LogP contribution in [0.2, 0.25) is 0 Å². The van der Waals surface area contributed by atoms with Crippen molar-refractivity contribution in [3.63, 3.8) is 0 Å². The van der Waals surface area contributed by atoms with Crippen LogP contribution in [0.25, 0.3) is 0 Å². The van der Waals surface area contributed by atoms with E-state index in [-0.39, 0.29) is 5.97 Å². The van der Waals surface area contributed by atoms with Gasteiger partial charge in [-0.25, -0.2) is 0 Å². The molecule has 0 bridgehead atoms. The van der Waals surface area contributed by atoms with E-state index in [2.05, 4.69) is 24.0 Å². The van der Waals surface area contributed by atoms with Crippen molar-refractivity contribution < 1.29 is 9.53 Å². The van der Waals surface area contributed by atoms with Gasteiger partial charge in [0.25, 0.3) is 0 Å².